The van der Waals surface area contributed by atoms with Gasteiger partial charge in [0.05, 0.1) is 4.90 Å². The van der Waals surface area contributed by atoms with Gasteiger partial charge in [-0.2, -0.15) is 4.98 Å². The molecule has 0 amide bonds. The SMILES string of the molecule is Cc1ccc(Nc2cc(C)nc(NCCNS(=O)(=O)c3cccc(F)c3)n2)cc1. The molecule has 3 rings (SSSR count). The number of nitrogens with one attached hydrogen (secondary N) is 3. The molecule has 0 saturated heterocycles. The quantitative estimate of drug-likeness (QED) is 0.488. The lowest BCUT2D eigenvalue weighted by molar-refractivity contribution is 0.578. The number of nitrogens with zero attached hydrogens (tertiary/aromatic N) is 2. The Balaban J connectivity index is 1.58. The molecule has 0 aliphatic rings. The molecule has 7 nitrogen and oxygen atoms in total. The minimum atomic E-state index is -3.78. The van der Waals surface area contributed by atoms with Crippen molar-refractivity contribution in [1.82, 2.24) is 14.7 Å². The molecule has 9 heteroatoms. The minimum Gasteiger partial charge on any atom is -0.353 e. The summed E-state index contributed by atoms with van der Waals surface area (Å²) in [6, 6.07) is 14.6. The van der Waals surface area contributed by atoms with Crippen molar-refractivity contribution in [3.63, 3.8) is 0 Å². The molecule has 0 aliphatic heterocycles. The highest BCUT2D eigenvalue weighted by molar-refractivity contribution is 7.89. The standard InChI is InChI=1S/C20H22FN5O2S/c1-14-6-8-17(9-7-14)25-19-12-15(2)24-20(26-19)22-10-11-23-29(27,28)18-5-3-4-16(21)13-18/h3-9,12-13,23H,10-11H2,1-2H3,(H2,22,24,25,26). The molecule has 29 heavy (non-hydrogen) atoms. The molecule has 1 heterocycles. The molecule has 1 aromatic heterocycles. The Hall–Kier alpha value is -3.04. The number of hydrogen-bond donors (Lipinski definition) is 3. The van der Waals surface area contributed by atoms with E-state index in [2.05, 4.69) is 25.3 Å². The van der Waals surface area contributed by atoms with E-state index in [9.17, 15) is 12.8 Å². The monoisotopic (exact) mass is 415 g/mol. The van der Waals surface area contributed by atoms with Crippen LogP contribution in [0.4, 0.5) is 21.8 Å². The van der Waals surface area contributed by atoms with Gasteiger partial charge in [-0.1, -0.05) is 23.8 Å². The largest absolute Gasteiger partial charge is 0.353 e. The predicted octanol–water partition coefficient (Wildman–Crippen LogP) is 3.37. The third kappa shape index (κ3) is 5.97. The fourth-order valence-electron chi connectivity index (χ4n) is 2.57. The number of hydrogen-bond acceptors (Lipinski definition) is 6. The summed E-state index contributed by atoms with van der Waals surface area (Å²) in [7, 11) is -3.78. The molecular formula is C20H22FN5O2S. The molecule has 0 bridgehead atoms. The Kier molecular flexibility index (Phi) is 6.40. The minimum absolute atomic E-state index is 0.0941. The highest BCUT2D eigenvalue weighted by Gasteiger charge is 2.13. The summed E-state index contributed by atoms with van der Waals surface area (Å²) in [5.41, 5.74) is 2.83. The van der Waals surface area contributed by atoms with Crippen molar-refractivity contribution < 1.29 is 12.8 Å². The Morgan fingerprint density at radius 1 is 0.966 bits per heavy atom. The van der Waals surface area contributed by atoms with E-state index in [0.29, 0.717) is 11.8 Å². The number of aromatic nitrogens is 2. The molecule has 152 valence electrons. The van der Waals surface area contributed by atoms with Crippen LogP contribution in [0.5, 0.6) is 0 Å². The zero-order chi connectivity index (χ0) is 20.9. The Morgan fingerprint density at radius 3 is 2.45 bits per heavy atom. The van der Waals surface area contributed by atoms with Crippen LogP contribution >= 0.6 is 0 Å². The molecule has 0 aliphatic carbocycles. The normalized spacial score (nSPS) is 11.3. The number of sulfonamides is 1. The van der Waals surface area contributed by atoms with E-state index in [0.717, 1.165) is 23.0 Å². The first kappa shape index (κ1) is 20.7. The zero-order valence-corrected chi connectivity index (χ0v) is 16.9. The van der Waals surface area contributed by atoms with Gasteiger partial charge in [-0.25, -0.2) is 22.5 Å². The molecule has 3 aromatic rings. The topological polar surface area (TPSA) is 96.0 Å². The molecule has 3 N–H and O–H groups in total. The van der Waals surface area contributed by atoms with Crippen molar-refractivity contribution in [3.05, 3.63) is 71.7 Å². The van der Waals surface area contributed by atoms with Crippen molar-refractivity contribution >= 4 is 27.5 Å². The third-order valence-corrected chi connectivity index (χ3v) is 5.44. The van der Waals surface area contributed by atoms with Crippen molar-refractivity contribution in [2.24, 2.45) is 0 Å². The predicted molar refractivity (Wildman–Crippen MR) is 111 cm³/mol. The van der Waals surface area contributed by atoms with Gasteiger partial charge in [0.25, 0.3) is 0 Å². The van der Waals surface area contributed by atoms with Crippen LogP contribution in [0.3, 0.4) is 0 Å². The summed E-state index contributed by atoms with van der Waals surface area (Å²) >= 11 is 0. The second kappa shape index (κ2) is 8.97. The molecule has 0 saturated carbocycles. The lowest BCUT2D eigenvalue weighted by atomic mass is 10.2. The second-order valence-electron chi connectivity index (χ2n) is 6.49. The summed E-state index contributed by atoms with van der Waals surface area (Å²) in [6.45, 7) is 4.22. The van der Waals surface area contributed by atoms with E-state index in [1.54, 1.807) is 0 Å². The van der Waals surface area contributed by atoms with Crippen LogP contribution in [-0.4, -0.2) is 31.5 Å². The summed E-state index contributed by atoms with van der Waals surface area (Å²) < 4.78 is 40.0. The number of halogens is 1. The Morgan fingerprint density at radius 2 is 1.72 bits per heavy atom. The summed E-state index contributed by atoms with van der Waals surface area (Å²) in [6.07, 6.45) is 0. The average Bonchev–Trinajstić information content (AvgIpc) is 2.67. The maximum atomic E-state index is 13.2. The van der Waals surface area contributed by atoms with Crippen LogP contribution in [0.2, 0.25) is 0 Å². The highest BCUT2D eigenvalue weighted by Crippen LogP contribution is 2.17. The van der Waals surface area contributed by atoms with Gasteiger partial charge in [0.15, 0.2) is 0 Å². The Bertz CT molecular complexity index is 1090. The third-order valence-electron chi connectivity index (χ3n) is 3.98. The first-order chi connectivity index (χ1) is 13.8. The van der Waals surface area contributed by atoms with Crippen LogP contribution in [0.1, 0.15) is 11.3 Å². The zero-order valence-electron chi connectivity index (χ0n) is 16.1. The fourth-order valence-corrected chi connectivity index (χ4v) is 3.64. The van der Waals surface area contributed by atoms with Crippen LogP contribution in [-0.2, 0) is 10.0 Å². The van der Waals surface area contributed by atoms with Gasteiger partial charge in [0.1, 0.15) is 11.6 Å². The maximum absolute atomic E-state index is 13.2. The lowest BCUT2D eigenvalue weighted by Crippen LogP contribution is -2.29. The van der Waals surface area contributed by atoms with Gasteiger partial charge in [0, 0.05) is 30.5 Å². The van der Waals surface area contributed by atoms with Gasteiger partial charge >= 0.3 is 0 Å². The van der Waals surface area contributed by atoms with Gasteiger partial charge in [-0.15, -0.1) is 0 Å². The number of rotatable bonds is 8. The smallest absolute Gasteiger partial charge is 0.240 e. The molecule has 0 radical (unpaired) electrons. The number of anilines is 3. The van der Waals surface area contributed by atoms with Gasteiger partial charge < -0.3 is 10.6 Å². The molecule has 0 fully saturated rings. The molecular weight excluding hydrogens is 393 g/mol. The number of benzene rings is 2. The molecule has 0 spiro atoms. The van der Waals surface area contributed by atoms with E-state index in [4.69, 9.17) is 0 Å². The Labute approximate surface area is 169 Å². The van der Waals surface area contributed by atoms with E-state index < -0.39 is 15.8 Å². The van der Waals surface area contributed by atoms with E-state index in [1.807, 2.05) is 44.2 Å². The van der Waals surface area contributed by atoms with Crippen molar-refractivity contribution in [2.45, 2.75) is 18.7 Å². The highest BCUT2D eigenvalue weighted by atomic mass is 32.2. The lowest BCUT2D eigenvalue weighted by Gasteiger charge is -2.11. The van der Waals surface area contributed by atoms with Crippen molar-refractivity contribution in [2.75, 3.05) is 23.7 Å². The molecule has 0 atom stereocenters. The van der Waals surface area contributed by atoms with Crippen molar-refractivity contribution in [3.8, 4) is 0 Å². The van der Waals surface area contributed by atoms with Crippen molar-refractivity contribution in [1.29, 1.82) is 0 Å². The fraction of sp³-hybridized carbons (Fsp3) is 0.200. The van der Waals surface area contributed by atoms with Gasteiger partial charge in [-0.05, 0) is 44.2 Å². The molecule has 0 unspecified atom stereocenters. The van der Waals surface area contributed by atoms with Gasteiger partial charge in [-0.3, -0.25) is 0 Å². The second-order valence-corrected chi connectivity index (χ2v) is 8.26. The summed E-state index contributed by atoms with van der Waals surface area (Å²) in [4.78, 5) is 8.58. The average molecular weight is 415 g/mol. The van der Waals surface area contributed by atoms with E-state index in [1.165, 1.54) is 18.2 Å². The van der Waals surface area contributed by atoms with Crippen LogP contribution < -0.4 is 15.4 Å². The van der Waals surface area contributed by atoms with E-state index in [-0.39, 0.29) is 18.0 Å². The summed E-state index contributed by atoms with van der Waals surface area (Å²) in [5.74, 6) is 0.404. The van der Waals surface area contributed by atoms with Crippen LogP contribution in [0, 0.1) is 19.7 Å². The van der Waals surface area contributed by atoms with E-state index >= 15 is 0 Å². The first-order valence-electron chi connectivity index (χ1n) is 9.00. The summed E-state index contributed by atoms with van der Waals surface area (Å²) in [5, 5.41) is 6.21. The number of aryl methyl sites for hydroxylation is 2. The van der Waals surface area contributed by atoms with Crippen LogP contribution in [0.25, 0.3) is 0 Å². The van der Waals surface area contributed by atoms with Gasteiger partial charge in [0.2, 0.25) is 16.0 Å². The first-order valence-corrected chi connectivity index (χ1v) is 10.5. The maximum Gasteiger partial charge on any atom is 0.240 e. The molecule has 2 aromatic carbocycles. The van der Waals surface area contributed by atoms with Crippen LogP contribution in [0.15, 0.2) is 59.5 Å².